The standard InChI is InChI=1S/C21H30N4O3S/c1-4-27-18-12-15(2)10-11-17(18)28-13-19-23-24-21(25(19)3)29-14-20(26)22-16-8-6-5-7-9-16/h10-12,16H,4-9,13-14H2,1-3H3,(H,22,26). The number of carbonyl (C=O) groups is 1. The predicted octanol–water partition coefficient (Wildman–Crippen LogP) is 3.64. The Hall–Kier alpha value is -2.22. The fourth-order valence-corrected chi connectivity index (χ4v) is 4.13. The second-order valence-electron chi connectivity index (χ2n) is 7.32. The highest BCUT2D eigenvalue weighted by Gasteiger charge is 2.17. The second kappa shape index (κ2) is 10.5. The Morgan fingerprint density at radius 2 is 2.00 bits per heavy atom. The van der Waals surface area contributed by atoms with E-state index in [9.17, 15) is 4.79 Å². The molecule has 1 aliphatic rings. The minimum absolute atomic E-state index is 0.0590. The summed E-state index contributed by atoms with van der Waals surface area (Å²) in [5.41, 5.74) is 1.12. The minimum atomic E-state index is 0.0590. The first-order valence-electron chi connectivity index (χ1n) is 10.2. The average molecular weight is 419 g/mol. The number of aryl methyl sites for hydroxylation is 1. The highest BCUT2D eigenvalue weighted by atomic mass is 32.2. The molecule has 158 valence electrons. The van der Waals surface area contributed by atoms with Crippen LogP contribution in [0.3, 0.4) is 0 Å². The molecule has 1 aliphatic carbocycles. The van der Waals surface area contributed by atoms with Crippen LogP contribution in [0.15, 0.2) is 23.4 Å². The first kappa shape index (κ1) is 21.5. The highest BCUT2D eigenvalue weighted by Crippen LogP contribution is 2.29. The zero-order valence-electron chi connectivity index (χ0n) is 17.4. The van der Waals surface area contributed by atoms with E-state index in [1.807, 2.05) is 43.7 Å². The quantitative estimate of drug-likeness (QED) is 0.627. The Morgan fingerprint density at radius 1 is 1.21 bits per heavy atom. The molecule has 0 aliphatic heterocycles. The molecule has 2 aromatic rings. The van der Waals surface area contributed by atoms with Crippen molar-refractivity contribution in [3.63, 3.8) is 0 Å². The third-order valence-corrected chi connectivity index (χ3v) is 6.00. The fourth-order valence-electron chi connectivity index (χ4n) is 3.39. The van der Waals surface area contributed by atoms with Crippen LogP contribution in [0, 0.1) is 6.92 Å². The summed E-state index contributed by atoms with van der Waals surface area (Å²) in [7, 11) is 1.89. The van der Waals surface area contributed by atoms with Crippen LogP contribution in [0.5, 0.6) is 11.5 Å². The van der Waals surface area contributed by atoms with Crippen molar-refractivity contribution in [2.45, 2.75) is 63.8 Å². The van der Waals surface area contributed by atoms with Gasteiger partial charge in [-0.2, -0.15) is 0 Å². The number of hydrogen-bond acceptors (Lipinski definition) is 6. The second-order valence-corrected chi connectivity index (χ2v) is 8.26. The van der Waals surface area contributed by atoms with E-state index in [-0.39, 0.29) is 12.5 Å². The van der Waals surface area contributed by atoms with E-state index in [0.717, 1.165) is 24.2 Å². The van der Waals surface area contributed by atoms with Gasteiger partial charge in [0.05, 0.1) is 12.4 Å². The first-order valence-corrected chi connectivity index (χ1v) is 11.2. The Morgan fingerprint density at radius 3 is 2.76 bits per heavy atom. The lowest BCUT2D eigenvalue weighted by Gasteiger charge is -2.22. The van der Waals surface area contributed by atoms with Crippen molar-refractivity contribution in [1.82, 2.24) is 20.1 Å². The van der Waals surface area contributed by atoms with Gasteiger partial charge in [-0.15, -0.1) is 10.2 Å². The van der Waals surface area contributed by atoms with E-state index in [1.165, 1.54) is 31.0 Å². The van der Waals surface area contributed by atoms with Crippen LogP contribution >= 0.6 is 11.8 Å². The van der Waals surface area contributed by atoms with E-state index < -0.39 is 0 Å². The smallest absolute Gasteiger partial charge is 0.230 e. The van der Waals surface area contributed by atoms with Crippen molar-refractivity contribution < 1.29 is 14.3 Å². The highest BCUT2D eigenvalue weighted by molar-refractivity contribution is 7.99. The van der Waals surface area contributed by atoms with Crippen LogP contribution in [-0.4, -0.2) is 39.1 Å². The molecule has 0 spiro atoms. The third kappa shape index (κ3) is 6.13. The molecule has 3 rings (SSSR count). The van der Waals surface area contributed by atoms with Gasteiger partial charge in [0.1, 0.15) is 6.61 Å². The van der Waals surface area contributed by atoms with Crippen LogP contribution in [-0.2, 0) is 18.4 Å². The third-order valence-electron chi connectivity index (χ3n) is 4.98. The average Bonchev–Trinajstić information content (AvgIpc) is 3.06. The first-order chi connectivity index (χ1) is 14.1. The summed E-state index contributed by atoms with van der Waals surface area (Å²) in [6.07, 6.45) is 5.86. The van der Waals surface area contributed by atoms with Gasteiger partial charge in [0.2, 0.25) is 5.91 Å². The molecule has 0 bridgehead atoms. The molecular formula is C21H30N4O3S. The number of thioether (sulfide) groups is 1. The molecule has 0 radical (unpaired) electrons. The Bertz CT molecular complexity index is 818. The number of amides is 1. The maximum atomic E-state index is 12.2. The Kier molecular flexibility index (Phi) is 7.80. The van der Waals surface area contributed by atoms with E-state index in [4.69, 9.17) is 9.47 Å². The van der Waals surface area contributed by atoms with Gasteiger partial charge >= 0.3 is 0 Å². The van der Waals surface area contributed by atoms with E-state index in [0.29, 0.717) is 35.1 Å². The van der Waals surface area contributed by atoms with Crippen LogP contribution in [0.2, 0.25) is 0 Å². The molecule has 0 saturated heterocycles. The van der Waals surface area contributed by atoms with Gasteiger partial charge in [0, 0.05) is 13.1 Å². The molecule has 1 saturated carbocycles. The number of nitrogens with one attached hydrogen (secondary N) is 1. The van der Waals surface area contributed by atoms with Crippen molar-refractivity contribution >= 4 is 17.7 Å². The SMILES string of the molecule is CCOc1cc(C)ccc1OCc1nnc(SCC(=O)NC2CCCCC2)n1C. The molecule has 1 N–H and O–H groups in total. The molecule has 0 atom stereocenters. The number of rotatable bonds is 9. The number of nitrogens with zero attached hydrogens (tertiary/aromatic N) is 3. The number of ether oxygens (including phenoxy) is 2. The number of hydrogen-bond donors (Lipinski definition) is 1. The van der Waals surface area contributed by atoms with E-state index in [2.05, 4.69) is 15.5 Å². The van der Waals surface area contributed by atoms with Crippen molar-refractivity contribution in [3.05, 3.63) is 29.6 Å². The summed E-state index contributed by atoms with van der Waals surface area (Å²) < 4.78 is 13.4. The number of aromatic nitrogens is 3. The summed E-state index contributed by atoms with van der Waals surface area (Å²) >= 11 is 1.40. The van der Waals surface area contributed by atoms with Gasteiger partial charge in [-0.3, -0.25) is 4.79 Å². The van der Waals surface area contributed by atoms with Crippen molar-refractivity contribution in [2.75, 3.05) is 12.4 Å². The van der Waals surface area contributed by atoms with E-state index in [1.54, 1.807) is 0 Å². The van der Waals surface area contributed by atoms with Gasteiger partial charge < -0.3 is 19.4 Å². The summed E-state index contributed by atoms with van der Waals surface area (Å²) in [6, 6.07) is 6.18. The zero-order valence-corrected chi connectivity index (χ0v) is 18.3. The van der Waals surface area contributed by atoms with Crippen LogP contribution in [0.25, 0.3) is 0 Å². The largest absolute Gasteiger partial charge is 0.490 e. The van der Waals surface area contributed by atoms with Crippen molar-refractivity contribution in [2.24, 2.45) is 7.05 Å². The molecule has 1 aromatic heterocycles. The van der Waals surface area contributed by atoms with Gasteiger partial charge in [-0.25, -0.2) is 0 Å². The van der Waals surface area contributed by atoms with Gasteiger partial charge in [0.15, 0.2) is 22.5 Å². The van der Waals surface area contributed by atoms with Gasteiger partial charge in [0.25, 0.3) is 0 Å². The lowest BCUT2D eigenvalue weighted by molar-refractivity contribution is -0.119. The van der Waals surface area contributed by atoms with Crippen molar-refractivity contribution in [3.8, 4) is 11.5 Å². The molecule has 8 heteroatoms. The normalized spacial score (nSPS) is 14.6. The van der Waals surface area contributed by atoms with Crippen LogP contribution < -0.4 is 14.8 Å². The summed E-state index contributed by atoms with van der Waals surface area (Å²) in [5, 5.41) is 12.3. The van der Waals surface area contributed by atoms with Crippen LogP contribution in [0.4, 0.5) is 0 Å². The molecule has 1 aromatic carbocycles. The molecule has 1 heterocycles. The predicted molar refractivity (Wildman–Crippen MR) is 113 cm³/mol. The minimum Gasteiger partial charge on any atom is -0.490 e. The molecule has 1 amide bonds. The molecular weight excluding hydrogens is 388 g/mol. The van der Waals surface area contributed by atoms with Crippen molar-refractivity contribution in [1.29, 1.82) is 0 Å². The summed E-state index contributed by atoms with van der Waals surface area (Å²) in [4.78, 5) is 12.2. The Balaban J connectivity index is 1.52. The zero-order chi connectivity index (χ0) is 20.6. The maximum Gasteiger partial charge on any atom is 0.230 e. The number of benzene rings is 1. The summed E-state index contributed by atoms with van der Waals surface area (Å²) in [5.74, 6) is 2.51. The maximum absolute atomic E-state index is 12.2. The monoisotopic (exact) mass is 418 g/mol. The molecule has 0 unspecified atom stereocenters. The Labute approximate surface area is 176 Å². The van der Waals surface area contributed by atoms with Crippen LogP contribution in [0.1, 0.15) is 50.4 Å². The lowest BCUT2D eigenvalue weighted by Crippen LogP contribution is -2.37. The molecule has 7 nitrogen and oxygen atoms in total. The fraction of sp³-hybridized carbons (Fsp3) is 0.571. The van der Waals surface area contributed by atoms with Gasteiger partial charge in [-0.1, -0.05) is 37.1 Å². The topological polar surface area (TPSA) is 78.3 Å². The van der Waals surface area contributed by atoms with E-state index >= 15 is 0 Å². The molecule has 29 heavy (non-hydrogen) atoms. The van der Waals surface area contributed by atoms with Gasteiger partial charge in [-0.05, 0) is 44.4 Å². The lowest BCUT2D eigenvalue weighted by atomic mass is 9.95. The molecule has 1 fully saturated rings. The summed E-state index contributed by atoms with van der Waals surface area (Å²) in [6.45, 7) is 4.82. The number of carbonyl (C=O) groups excluding carboxylic acids is 1.